The maximum absolute atomic E-state index is 12.6. The van der Waals surface area contributed by atoms with Crippen molar-refractivity contribution in [2.45, 2.75) is 24.1 Å². The number of hydrogen-bond acceptors (Lipinski definition) is 4. The summed E-state index contributed by atoms with van der Waals surface area (Å²) in [5, 5.41) is 8.93. The SMILES string of the molecule is Cc1ccccc1[C@@H](C)N(C)S(=O)(=O)c1ccc(C(=O)O)s1. The number of rotatable bonds is 5. The van der Waals surface area contributed by atoms with Crippen molar-refractivity contribution >= 4 is 27.3 Å². The Bertz CT molecular complexity index is 795. The second-order valence-corrected chi connectivity index (χ2v) is 8.29. The molecule has 0 bridgehead atoms. The Hall–Kier alpha value is -1.70. The summed E-state index contributed by atoms with van der Waals surface area (Å²) < 4.78 is 26.6. The van der Waals surface area contributed by atoms with Gasteiger partial charge in [-0.25, -0.2) is 13.2 Å². The molecule has 0 saturated carbocycles. The lowest BCUT2D eigenvalue weighted by molar-refractivity contribution is 0.0702. The van der Waals surface area contributed by atoms with Gasteiger partial charge >= 0.3 is 5.97 Å². The number of carbonyl (C=O) groups is 1. The molecule has 2 rings (SSSR count). The van der Waals surface area contributed by atoms with E-state index in [-0.39, 0.29) is 15.1 Å². The average molecular weight is 339 g/mol. The van der Waals surface area contributed by atoms with Crippen molar-refractivity contribution < 1.29 is 18.3 Å². The molecule has 0 aliphatic carbocycles. The van der Waals surface area contributed by atoms with E-state index in [2.05, 4.69) is 0 Å². The molecule has 1 aromatic heterocycles. The third-order valence-electron chi connectivity index (χ3n) is 3.61. The van der Waals surface area contributed by atoms with Gasteiger partial charge in [0.2, 0.25) is 0 Å². The minimum absolute atomic E-state index is 0.00974. The van der Waals surface area contributed by atoms with Crippen LogP contribution in [0.1, 0.15) is 33.8 Å². The number of sulfonamides is 1. The monoisotopic (exact) mass is 339 g/mol. The molecule has 0 amide bonds. The van der Waals surface area contributed by atoms with Crippen LogP contribution in [-0.4, -0.2) is 30.8 Å². The molecule has 7 heteroatoms. The molecule has 1 aromatic carbocycles. The second kappa shape index (κ2) is 6.20. The molecule has 0 unspecified atom stereocenters. The van der Waals surface area contributed by atoms with Crippen LogP contribution in [0.15, 0.2) is 40.6 Å². The predicted molar refractivity (Wildman–Crippen MR) is 85.8 cm³/mol. The minimum atomic E-state index is -3.73. The summed E-state index contributed by atoms with van der Waals surface area (Å²) in [6.07, 6.45) is 0. The number of nitrogens with zero attached hydrogens (tertiary/aromatic N) is 1. The summed E-state index contributed by atoms with van der Waals surface area (Å²) in [4.78, 5) is 10.9. The molecule has 0 aliphatic heterocycles. The van der Waals surface area contributed by atoms with Gasteiger partial charge in [0.1, 0.15) is 9.09 Å². The Labute approximate surface area is 133 Å². The quantitative estimate of drug-likeness (QED) is 0.908. The van der Waals surface area contributed by atoms with Crippen molar-refractivity contribution in [3.8, 4) is 0 Å². The van der Waals surface area contributed by atoms with Gasteiger partial charge in [0.05, 0.1) is 0 Å². The summed E-state index contributed by atoms with van der Waals surface area (Å²) in [7, 11) is -2.22. The molecule has 0 saturated heterocycles. The normalized spacial score (nSPS) is 13.3. The molecule has 0 radical (unpaired) electrons. The van der Waals surface area contributed by atoms with Gasteiger partial charge in [-0.2, -0.15) is 4.31 Å². The molecular weight excluding hydrogens is 322 g/mol. The Balaban J connectivity index is 2.36. The lowest BCUT2D eigenvalue weighted by atomic mass is 10.0. The summed E-state index contributed by atoms with van der Waals surface area (Å²) in [6, 6.07) is 9.90. The third-order valence-corrected chi connectivity index (χ3v) is 7.08. The van der Waals surface area contributed by atoms with Crippen LogP contribution >= 0.6 is 11.3 Å². The van der Waals surface area contributed by atoms with Crippen molar-refractivity contribution in [2.75, 3.05) is 7.05 Å². The highest BCUT2D eigenvalue weighted by atomic mass is 32.2. The van der Waals surface area contributed by atoms with Crippen LogP contribution in [0.3, 0.4) is 0 Å². The van der Waals surface area contributed by atoms with Gasteiger partial charge in [0, 0.05) is 13.1 Å². The van der Waals surface area contributed by atoms with Crippen LogP contribution < -0.4 is 0 Å². The zero-order chi connectivity index (χ0) is 16.5. The molecule has 5 nitrogen and oxygen atoms in total. The third kappa shape index (κ3) is 3.06. The van der Waals surface area contributed by atoms with Crippen LogP contribution in [0, 0.1) is 6.92 Å². The number of hydrogen-bond donors (Lipinski definition) is 1. The number of benzene rings is 1. The number of aromatic carboxylic acids is 1. The van der Waals surface area contributed by atoms with Crippen LogP contribution in [-0.2, 0) is 10.0 Å². The fourth-order valence-corrected chi connectivity index (χ4v) is 4.85. The van der Waals surface area contributed by atoms with Crippen LogP contribution in [0.2, 0.25) is 0 Å². The Morgan fingerprint density at radius 2 is 1.86 bits per heavy atom. The van der Waals surface area contributed by atoms with Gasteiger partial charge in [0.25, 0.3) is 10.0 Å². The number of carboxylic acids is 1. The van der Waals surface area contributed by atoms with E-state index in [4.69, 9.17) is 5.11 Å². The maximum Gasteiger partial charge on any atom is 0.345 e. The Kier molecular flexibility index (Phi) is 4.69. The summed E-state index contributed by atoms with van der Waals surface area (Å²) >= 11 is 0.764. The fourth-order valence-electron chi connectivity index (χ4n) is 2.18. The van der Waals surface area contributed by atoms with Crippen molar-refractivity contribution in [2.24, 2.45) is 0 Å². The molecule has 118 valence electrons. The van der Waals surface area contributed by atoms with E-state index in [1.165, 1.54) is 23.5 Å². The van der Waals surface area contributed by atoms with E-state index in [0.29, 0.717) is 0 Å². The molecule has 1 atom stereocenters. The first-order valence-electron chi connectivity index (χ1n) is 6.62. The van der Waals surface area contributed by atoms with Crippen LogP contribution in [0.5, 0.6) is 0 Å². The highest BCUT2D eigenvalue weighted by Gasteiger charge is 2.29. The lowest BCUT2D eigenvalue weighted by Gasteiger charge is -2.25. The molecule has 1 N–H and O–H groups in total. The number of carboxylic acid groups (broad SMARTS) is 1. The first kappa shape index (κ1) is 16.7. The molecule has 0 spiro atoms. The van der Waals surface area contributed by atoms with Gasteiger partial charge in [-0.3, -0.25) is 0 Å². The van der Waals surface area contributed by atoms with Gasteiger partial charge in [-0.1, -0.05) is 24.3 Å². The summed E-state index contributed by atoms with van der Waals surface area (Å²) in [5.41, 5.74) is 1.93. The lowest BCUT2D eigenvalue weighted by Crippen LogP contribution is -2.29. The van der Waals surface area contributed by atoms with Gasteiger partial charge in [0.15, 0.2) is 0 Å². The van der Waals surface area contributed by atoms with Gasteiger partial charge in [-0.15, -0.1) is 11.3 Å². The topological polar surface area (TPSA) is 74.7 Å². The number of aryl methyl sites for hydroxylation is 1. The van der Waals surface area contributed by atoms with Crippen LogP contribution in [0.4, 0.5) is 0 Å². The zero-order valence-corrected chi connectivity index (χ0v) is 14.1. The highest BCUT2D eigenvalue weighted by Crippen LogP contribution is 2.30. The molecule has 22 heavy (non-hydrogen) atoms. The van der Waals surface area contributed by atoms with E-state index in [9.17, 15) is 13.2 Å². The van der Waals surface area contributed by atoms with E-state index < -0.39 is 16.0 Å². The Morgan fingerprint density at radius 1 is 1.23 bits per heavy atom. The molecule has 0 fully saturated rings. The molecule has 2 aromatic rings. The maximum atomic E-state index is 12.6. The first-order chi connectivity index (χ1) is 10.2. The molecule has 0 aliphatic rings. The molecule has 1 heterocycles. The summed E-state index contributed by atoms with van der Waals surface area (Å²) in [6.45, 7) is 3.74. The van der Waals surface area contributed by atoms with Crippen molar-refractivity contribution in [1.29, 1.82) is 0 Å². The standard InChI is InChI=1S/C15H17NO4S2/c1-10-6-4-5-7-12(10)11(2)16(3)22(19,20)14-9-8-13(21-14)15(17)18/h4-9,11H,1-3H3,(H,17,18)/t11-/m1/s1. The Morgan fingerprint density at radius 3 is 2.41 bits per heavy atom. The summed E-state index contributed by atoms with van der Waals surface area (Å²) in [5.74, 6) is -1.12. The van der Waals surface area contributed by atoms with E-state index in [0.717, 1.165) is 22.5 Å². The van der Waals surface area contributed by atoms with Crippen LogP contribution in [0.25, 0.3) is 0 Å². The van der Waals surface area contributed by atoms with E-state index >= 15 is 0 Å². The zero-order valence-electron chi connectivity index (χ0n) is 12.5. The highest BCUT2D eigenvalue weighted by molar-refractivity contribution is 7.91. The van der Waals surface area contributed by atoms with Gasteiger partial charge < -0.3 is 5.11 Å². The van der Waals surface area contributed by atoms with E-state index in [1.807, 2.05) is 38.1 Å². The van der Waals surface area contributed by atoms with Gasteiger partial charge in [-0.05, 0) is 37.1 Å². The average Bonchev–Trinajstić information content (AvgIpc) is 2.97. The van der Waals surface area contributed by atoms with Crippen molar-refractivity contribution in [3.05, 3.63) is 52.4 Å². The molecular formula is C15H17NO4S2. The van der Waals surface area contributed by atoms with E-state index in [1.54, 1.807) is 0 Å². The second-order valence-electron chi connectivity index (χ2n) is 4.98. The smallest absolute Gasteiger partial charge is 0.345 e. The first-order valence-corrected chi connectivity index (χ1v) is 8.87. The van der Waals surface area contributed by atoms with Crippen molar-refractivity contribution in [3.63, 3.8) is 0 Å². The number of thiophene rings is 1. The predicted octanol–water partition coefficient (Wildman–Crippen LogP) is 3.14. The largest absolute Gasteiger partial charge is 0.477 e. The fraction of sp³-hybridized carbons (Fsp3) is 0.267. The minimum Gasteiger partial charge on any atom is -0.477 e. The van der Waals surface area contributed by atoms with Crippen molar-refractivity contribution in [1.82, 2.24) is 4.31 Å².